The molecule has 0 amide bonds. The first-order valence-electron chi connectivity index (χ1n) is 6.88. The molecule has 19 heavy (non-hydrogen) atoms. The van der Waals surface area contributed by atoms with Gasteiger partial charge in [0.1, 0.15) is 6.07 Å². The summed E-state index contributed by atoms with van der Waals surface area (Å²) in [6, 6.07) is 8.59. The zero-order chi connectivity index (χ0) is 14.0. The van der Waals surface area contributed by atoms with Crippen molar-refractivity contribution in [2.24, 2.45) is 5.41 Å². The molecule has 0 saturated heterocycles. The summed E-state index contributed by atoms with van der Waals surface area (Å²) in [6.45, 7) is 9.20. The third-order valence-corrected chi connectivity index (χ3v) is 4.26. The van der Waals surface area contributed by atoms with Gasteiger partial charge in [-0.05, 0) is 31.9 Å². The predicted molar refractivity (Wildman–Crippen MR) is 77.1 cm³/mol. The quantitative estimate of drug-likeness (QED) is 0.899. The minimum atomic E-state index is 0.104. The Bertz CT molecular complexity index is 502. The first kappa shape index (κ1) is 13.9. The van der Waals surface area contributed by atoms with Crippen molar-refractivity contribution in [1.29, 1.82) is 5.26 Å². The van der Waals surface area contributed by atoms with E-state index in [0.717, 1.165) is 29.8 Å². The highest BCUT2D eigenvalue weighted by Gasteiger charge is 2.49. The Morgan fingerprint density at radius 3 is 2.79 bits per heavy atom. The van der Waals surface area contributed by atoms with Gasteiger partial charge in [0.15, 0.2) is 0 Å². The smallest absolute Gasteiger partial charge is 0.102 e. The maximum absolute atomic E-state index is 9.25. The van der Waals surface area contributed by atoms with E-state index in [4.69, 9.17) is 4.74 Å². The Morgan fingerprint density at radius 1 is 1.47 bits per heavy atom. The second kappa shape index (κ2) is 5.22. The van der Waals surface area contributed by atoms with Gasteiger partial charge in [-0.1, -0.05) is 26.0 Å². The molecule has 1 aliphatic rings. The molecule has 1 saturated carbocycles. The van der Waals surface area contributed by atoms with E-state index in [2.05, 4.69) is 25.2 Å². The Hall–Kier alpha value is -1.53. The molecule has 0 spiro atoms. The number of benzene rings is 1. The zero-order valence-corrected chi connectivity index (χ0v) is 12.2. The lowest BCUT2D eigenvalue weighted by molar-refractivity contribution is -0.0976. The second-order valence-corrected chi connectivity index (χ2v) is 5.81. The van der Waals surface area contributed by atoms with Crippen LogP contribution >= 0.6 is 0 Å². The molecule has 0 radical (unpaired) electrons. The Labute approximate surface area is 115 Å². The molecular weight excluding hydrogens is 236 g/mol. The second-order valence-electron chi connectivity index (χ2n) is 5.81. The molecule has 2 rings (SSSR count). The molecule has 2 atom stereocenters. The number of hydrogen-bond donors (Lipinski definition) is 1. The highest BCUT2D eigenvalue weighted by atomic mass is 16.5. The van der Waals surface area contributed by atoms with Crippen LogP contribution in [0.4, 0.5) is 5.69 Å². The summed E-state index contributed by atoms with van der Waals surface area (Å²) < 4.78 is 5.74. The fraction of sp³-hybridized carbons (Fsp3) is 0.562. The molecule has 3 heteroatoms. The van der Waals surface area contributed by atoms with Crippen LogP contribution in [-0.4, -0.2) is 18.8 Å². The molecule has 0 bridgehead atoms. The van der Waals surface area contributed by atoms with Crippen LogP contribution in [0.25, 0.3) is 0 Å². The van der Waals surface area contributed by atoms with Crippen LogP contribution in [0.2, 0.25) is 0 Å². The first-order valence-corrected chi connectivity index (χ1v) is 6.88. The van der Waals surface area contributed by atoms with Crippen LogP contribution in [-0.2, 0) is 4.74 Å². The topological polar surface area (TPSA) is 45.0 Å². The van der Waals surface area contributed by atoms with E-state index in [-0.39, 0.29) is 5.41 Å². The van der Waals surface area contributed by atoms with E-state index >= 15 is 0 Å². The van der Waals surface area contributed by atoms with Crippen LogP contribution in [0, 0.1) is 23.7 Å². The average Bonchev–Trinajstić information content (AvgIpc) is 2.38. The van der Waals surface area contributed by atoms with Gasteiger partial charge in [-0.3, -0.25) is 0 Å². The number of nitriles is 1. The summed E-state index contributed by atoms with van der Waals surface area (Å²) in [4.78, 5) is 0. The van der Waals surface area contributed by atoms with Gasteiger partial charge in [-0.25, -0.2) is 0 Å². The third-order valence-electron chi connectivity index (χ3n) is 4.26. The van der Waals surface area contributed by atoms with Crippen molar-refractivity contribution in [3.05, 3.63) is 29.3 Å². The van der Waals surface area contributed by atoms with Crippen LogP contribution in [0.1, 0.15) is 38.3 Å². The fourth-order valence-electron chi connectivity index (χ4n) is 2.74. The lowest BCUT2D eigenvalue weighted by atomic mass is 9.64. The van der Waals surface area contributed by atoms with Gasteiger partial charge < -0.3 is 10.1 Å². The van der Waals surface area contributed by atoms with Gasteiger partial charge in [-0.2, -0.15) is 5.26 Å². The summed E-state index contributed by atoms with van der Waals surface area (Å²) in [6.07, 6.45) is 1.31. The van der Waals surface area contributed by atoms with Gasteiger partial charge in [0.05, 0.1) is 17.4 Å². The fourth-order valence-corrected chi connectivity index (χ4v) is 2.74. The predicted octanol–water partition coefficient (Wildman–Crippen LogP) is 3.48. The van der Waals surface area contributed by atoms with Crippen LogP contribution in [0.3, 0.4) is 0 Å². The van der Waals surface area contributed by atoms with E-state index in [1.807, 2.05) is 32.0 Å². The van der Waals surface area contributed by atoms with Crippen molar-refractivity contribution in [2.45, 2.75) is 46.3 Å². The summed E-state index contributed by atoms with van der Waals surface area (Å²) in [5, 5.41) is 12.8. The monoisotopic (exact) mass is 258 g/mol. The highest BCUT2D eigenvalue weighted by Crippen LogP contribution is 2.44. The van der Waals surface area contributed by atoms with E-state index in [0.29, 0.717) is 12.1 Å². The summed E-state index contributed by atoms with van der Waals surface area (Å²) >= 11 is 0. The van der Waals surface area contributed by atoms with Crippen molar-refractivity contribution in [3.63, 3.8) is 0 Å². The van der Waals surface area contributed by atoms with E-state index < -0.39 is 0 Å². The molecule has 1 aliphatic carbocycles. The standard InChI is InChI=1S/C16H22N2O/c1-5-19-15-9-14(16(15,3)4)18-13-8-6-7-11(2)12(13)10-17/h6-8,14-15,18H,5,9H2,1-4H3. The van der Waals surface area contributed by atoms with Crippen molar-refractivity contribution in [2.75, 3.05) is 11.9 Å². The molecule has 0 heterocycles. The van der Waals surface area contributed by atoms with Crippen LogP contribution in [0.15, 0.2) is 18.2 Å². The van der Waals surface area contributed by atoms with Crippen molar-refractivity contribution < 1.29 is 4.74 Å². The van der Waals surface area contributed by atoms with Crippen LogP contribution < -0.4 is 5.32 Å². The molecule has 3 nitrogen and oxygen atoms in total. The number of anilines is 1. The average molecular weight is 258 g/mol. The third kappa shape index (κ3) is 2.46. The molecule has 0 aromatic heterocycles. The summed E-state index contributed by atoms with van der Waals surface area (Å²) in [5.41, 5.74) is 2.81. The minimum absolute atomic E-state index is 0.104. The molecule has 0 aliphatic heterocycles. The van der Waals surface area contributed by atoms with E-state index in [1.54, 1.807) is 0 Å². The first-order chi connectivity index (χ1) is 9.00. The maximum Gasteiger partial charge on any atom is 0.102 e. The molecule has 1 aromatic rings. The number of nitrogens with zero attached hydrogens (tertiary/aromatic N) is 1. The van der Waals surface area contributed by atoms with Gasteiger partial charge in [0.2, 0.25) is 0 Å². The number of hydrogen-bond acceptors (Lipinski definition) is 3. The van der Waals surface area contributed by atoms with Gasteiger partial charge >= 0.3 is 0 Å². The molecule has 1 aromatic carbocycles. The van der Waals surface area contributed by atoms with Crippen molar-refractivity contribution in [1.82, 2.24) is 0 Å². The summed E-state index contributed by atoms with van der Waals surface area (Å²) in [7, 11) is 0. The molecular formula is C16H22N2O. The Morgan fingerprint density at radius 2 is 2.21 bits per heavy atom. The van der Waals surface area contributed by atoms with Crippen molar-refractivity contribution >= 4 is 5.69 Å². The molecule has 102 valence electrons. The lowest BCUT2D eigenvalue weighted by Gasteiger charge is -2.52. The summed E-state index contributed by atoms with van der Waals surface area (Å²) in [5.74, 6) is 0. The lowest BCUT2D eigenvalue weighted by Crippen LogP contribution is -2.58. The minimum Gasteiger partial charge on any atom is -0.380 e. The van der Waals surface area contributed by atoms with E-state index in [1.165, 1.54) is 0 Å². The number of rotatable bonds is 4. The van der Waals surface area contributed by atoms with E-state index in [9.17, 15) is 5.26 Å². The van der Waals surface area contributed by atoms with Gasteiger partial charge in [0, 0.05) is 18.1 Å². The van der Waals surface area contributed by atoms with Crippen molar-refractivity contribution in [3.8, 4) is 6.07 Å². The number of nitrogens with one attached hydrogen (secondary N) is 1. The Kier molecular flexibility index (Phi) is 3.82. The normalized spacial score (nSPS) is 24.4. The number of aryl methyl sites for hydroxylation is 1. The van der Waals surface area contributed by atoms with Gasteiger partial charge in [0.25, 0.3) is 0 Å². The highest BCUT2D eigenvalue weighted by molar-refractivity contribution is 5.61. The number of ether oxygens (including phenoxy) is 1. The Balaban J connectivity index is 2.12. The SMILES string of the molecule is CCOC1CC(Nc2cccc(C)c2C#N)C1(C)C. The molecule has 1 fully saturated rings. The van der Waals surface area contributed by atoms with Gasteiger partial charge in [-0.15, -0.1) is 0 Å². The molecule has 1 N–H and O–H groups in total. The van der Waals surface area contributed by atoms with Crippen LogP contribution in [0.5, 0.6) is 0 Å². The largest absolute Gasteiger partial charge is 0.380 e. The molecule has 2 unspecified atom stereocenters. The maximum atomic E-state index is 9.25. The zero-order valence-electron chi connectivity index (χ0n) is 12.2.